The SMILES string of the molecule is O=C(c1ccccc1)C1CCN(C(=O)Cc2c(F)cccc2Cl)CC1. The van der Waals surface area contributed by atoms with Gasteiger partial charge in [-0.2, -0.15) is 0 Å². The first-order chi connectivity index (χ1) is 12.1. The van der Waals surface area contributed by atoms with Crippen LogP contribution in [-0.4, -0.2) is 29.7 Å². The van der Waals surface area contributed by atoms with Crippen LogP contribution in [0.2, 0.25) is 5.02 Å². The highest BCUT2D eigenvalue weighted by atomic mass is 35.5. The van der Waals surface area contributed by atoms with Crippen molar-refractivity contribution in [2.24, 2.45) is 5.92 Å². The molecule has 130 valence electrons. The van der Waals surface area contributed by atoms with E-state index in [1.54, 1.807) is 11.0 Å². The summed E-state index contributed by atoms with van der Waals surface area (Å²) in [6, 6.07) is 13.6. The Morgan fingerprint density at radius 2 is 1.72 bits per heavy atom. The Balaban J connectivity index is 1.59. The molecule has 1 aliphatic rings. The van der Waals surface area contributed by atoms with Crippen LogP contribution in [0.3, 0.4) is 0 Å². The van der Waals surface area contributed by atoms with Gasteiger partial charge in [-0.3, -0.25) is 9.59 Å². The molecule has 0 radical (unpaired) electrons. The zero-order chi connectivity index (χ0) is 17.8. The van der Waals surface area contributed by atoms with Crippen molar-refractivity contribution < 1.29 is 14.0 Å². The Morgan fingerprint density at radius 1 is 1.04 bits per heavy atom. The molecule has 0 spiro atoms. The van der Waals surface area contributed by atoms with Gasteiger partial charge in [0.2, 0.25) is 5.91 Å². The van der Waals surface area contributed by atoms with Gasteiger partial charge in [0.25, 0.3) is 0 Å². The lowest BCUT2D eigenvalue weighted by molar-refractivity contribution is -0.131. The van der Waals surface area contributed by atoms with Crippen LogP contribution in [0, 0.1) is 11.7 Å². The molecule has 0 atom stereocenters. The number of hydrogen-bond acceptors (Lipinski definition) is 2. The minimum Gasteiger partial charge on any atom is -0.342 e. The fourth-order valence-corrected chi connectivity index (χ4v) is 3.42. The standard InChI is InChI=1S/C20H19ClFNO2/c21-17-7-4-8-18(22)16(17)13-19(24)23-11-9-15(10-12-23)20(25)14-5-2-1-3-6-14/h1-8,15H,9-13H2. The smallest absolute Gasteiger partial charge is 0.227 e. The zero-order valence-corrected chi connectivity index (χ0v) is 14.5. The van der Waals surface area contributed by atoms with Gasteiger partial charge in [-0.15, -0.1) is 0 Å². The molecule has 1 saturated heterocycles. The van der Waals surface area contributed by atoms with Gasteiger partial charge < -0.3 is 4.90 Å². The summed E-state index contributed by atoms with van der Waals surface area (Å²) in [7, 11) is 0. The van der Waals surface area contributed by atoms with Gasteiger partial charge in [0.05, 0.1) is 6.42 Å². The monoisotopic (exact) mass is 359 g/mol. The van der Waals surface area contributed by atoms with Crippen LogP contribution in [-0.2, 0) is 11.2 Å². The molecule has 0 bridgehead atoms. The first-order valence-corrected chi connectivity index (χ1v) is 8.74. The summed E-state index contributed by atoms with van der Waals surface area (Å²) in [6.45, 7) is 1.02. The Morgan fingerprint density at radius 3 is 2.36 bits per heavy atom. The number of halogens is 2. The predicted molar refractivity (Wildman–Crippen MR) is 95.2 cm³/mol. The number of rotatable bonds is 4. The second-order valence-corrected chi connectivity index (χ2v) is 6.67. The van der Waals surface area contributed by atoms with E-state index in [1.165, 1.54) is 12.1 Å². The highest BCUT2D eigenvalue weighted by Crippen LogP contribution is 2.24. The molecular weight excluding hydrogens is 341 g/mol. The third-order valence-electron chi connectivity index (χ3n) is 4.67. The summed E-state index contributed by atoms with van der Waals surface area (Å²) in [5, 5.41) is 0.266. The Bertz CT molecular complexity index is 750. The second-order valence-electron chi connectivity index (χ2n) is 6.26. The zero-order valence-electron chi connectivity index (χ0n) is 13.8. The molecule has 2 aromatic rings. The highest BCUT2D eigenvalue weighted by molar-refractivity contribution is 6.31. The molecule has 25 heavy (non-hydrogen) atoms. The number of Topliss-reactive ketones (excluding diaryl/α,β-unsaturated/α-hetero) is 1. The van der Waals surface area contributed by atoms with Crippen LogP contribution in [0.25, 0.3) is 0 Å². The van der Waals surface area contributed by atoms with Gasteiger partial charge in [0.15, 0.2) is 5.78 Å². The van der Waals surface area contributed by atoms with Crippen molar-refractivity contribution in [1.29, 1.82) is 0 Å². The lowest BCUT2D eigenvalue weighted by Crippen LogP contribution is -2.41. The average molecular weight is 360 g/mol. The minimum atomic E-state index is -0.463. The first kappa shape index (κ1) is 17.6. The fraction of sp³-hybridized carbons (Fsp3) is 0.300. The van der Waals surface area contributed by atoms with Crippen molar-refractivity contribution in [3.8, 4) is 0 Å². The van der Waals surface area contributed by atoms with Gasteiger partial charge in [0, 0.05) is 35.2 Å². The van der Waals surface area contributed by atoms with Crippen molar-refractivity contribution >= 4 is 23.3 Å². The summed E-state index contributed by atoms with van der Waals surface area (Å²) in [5.74, 6) is -0.555. The number of piperidine rings is 1. The largest absolute Gasteiger partial charge is 0.342 e. The molecule has 0 unspecified atom stereocenters. The third kappa shape index (κ3) is 4.07. The maximum atomic E-state index is 13.8. The number of hydrogen-bond donors (Lipinski definition) is 0. The molecule has 0 aromatic heterocycles. The van der Waals surface area contributed by atoms with Crippen LogP contribution >= 0.6 is 11.6 Å². The van der Waals surface area contributed by atoms with E-state index in [9.17, 15) is 14.0 Å². The molecule has 1 fully saturated rings. The Kier molecular flexibility index (Phi) is 5.49. The molecule has 3 rings (SSSR count). The molecule has 0 aliphatic carbocycles. The van der Waals surface area contributed by atoms with Crippen molar-refractivity contribution in [2.75, 3.05) is 13.1 Å². The molecule has 1 aliphatic heterocycles. The van der Waals surface area contributed by atoms with E-state index in [4.69, 9.17) is 11.6 Å². The topological polar surface area (TPSA) is 37.4 Å². The summed E-state index contributed by atoms with van der Waals surface area (Å²) < 4.78 is 13.8. The number of likely N-dealkylation sites (tertiary alicyclic amines) is 1. The van der Waals surface area contributed by atoms with Crippen LogP contribution in [0.15, 0.2) is 48.5 Å². The fourth-order valence-electron chi connectivity index (χ4n) is 3.19. The Hall–Kier alpha value is -2.20. The normalized spacial score (nSPS) is 15.2. The lowest BCUT2D eigenvalue weighted by Gasteiger charge is -2.31. The first-order valence-electron chi connectivity index (χ1n) is 8.36. The van der Waals surface area contributed by atoms with Crippen molar-refractivity contribution in [1.82, 2.24) is 4.90 Å². The molecule has 2 aromatic carbocycles. The molecule has 1 amide bonds. The number of amides is 1. The molecule has 1 heterocycles. The van der Waals surface area contributed by atoms with Gasteiger partial charge in [-0.1, -0.05) is 48.0 Å². The summed E-state index contributed by atoms with van der Waals surface area (Å²) in [4.78, 5) is 26.6. The maximum absolute atomic E-state index is 13.8. The van der Waals surface area contributed by atoms with Crippen LogP contribution in [0.1, 0.15) is 28.8 Å². The number of nitrogens with zero attached hydrogens (tertiary/aromatic N) is 1. The minimum absolute atomic E-state index is 0.0528. The number of carbonyl (C=O) groups is 2. The highest BCUT2D eigenvalue weighted by Gasteiger charge is 2.28. The van der Waals surface area contributed by atoms with Gasteiger partial charge >= 0.3 is 0 Å². The van der Waals surface area contributed by atoms with Crippen molar-refractivity contribution in [2.45, 2.75) is 19.3 Å². The predicted octanol–water partition coefficient (Wildman–Crippen LogP) is 4.14. The molecule has 5 heteroatoms. The van der Waals surface area contributed by atoms with Crippen molar-refractivity contribution in [3.63, 3.8) is 0 Å². The molecule has 3 nitrogen and oxygen atoms in total. The second kappa shape index (κ2) is 7.79. The number of benzene rings is 2. The van der Waals surface area contributed by atoms with E-state index in [0.717, 1.165) is 0 Å². The van der Waals surface area contributed by atoms with E-state index in [-0.39, 0.29) is 34.6 Å². The van der Waals surface area contributed by atoms with Gasteiger partial charge in [-0.05, 0) is 25.0 Å². The van der Waals surface area contributed by atoms with E-state index in [2.05, 4.69) is 0 Å². The van der Waals surface area contributed by atoms with E-state index in [1.807, 2.05) is 30.3 Å². The van der Waals surface area contributed by atoms with Crippen LogP contribution < -0.4 is 0 Å². The number of carbonyl (C=O) groups excluding carboxylic acids is 2. The summed E-state index contributed by atoms with van der Waals surface area (Å²) in [5.41, 5.74) is 0.946. The third-order valence-corrected chi connectivity index (χ3v) is 5.02. The Labute approximate surface area is 151 Å². The average Bonchev–Trinajstić information content (AvgIpc) is 2.65. The molecular formula is C20H19ClFNO2. The van der Waals surface area contributed by atoms with E-state index < -0.39 is 5.82 Å². The van der Waals surface area contributed by atoms with E-state index >= 15 is 0 Å². The van der Waals surface area contributed by atoms with Crippen molar-refractivity contribution in [3.05, 3.63) is 70.5 Å². The van der Waals surface area contributed by atoms with Crippen LogP contribution in [0.5, 0.6) is 0 Å². The van der Waals surface area contributed by atoms with Gasteiger partial charge in [0.1, 0.15) is 5.82 Å². The quantitative estimate of drug-likeness (QED) is 0.769. The molecule has 0 N–H and O–H groups in total. The van der Waals surface area contributed by atoms with Gasteiger partial charge in [-0.25, -0.2) is 4.39 Å². The van der Waals surface area contributed by atoms with E-state index in [0.29, 0.717) is 31.5 Å². The summed E-state index contributed by atoms with van der Waals surface area (Å²) in [6.07, 6.45) is 1.21. The lowest BCUT2D eigenvalue weighted by atomic mass is 9.88. The van der Waals surface area contributed by atoms with Crippen LogP contribution in [0.4, 0.5) is 4.39 Å². The number of ketones is 1. The molecule has 0 saturated carbocycles. The summed E-state index contributed by atoms with van der Waals surface area (Å²) >= 11 is 5.99. The maximum Gasteiger partial charge on any atom is 0.227 e.